The molecule has 0 spiro atoms. The summed E-state index contributed by atoms with van der Waals surface area (Å²) < 4.78 is 11.1. The van der Waals surface area contributed by atoms with Crippen molar-refractivity contribution in [2.45, 2.75) is 19.8 Å². The minimum atomic E-state index is -0.500. The highest BCUT2D eigenvalue weighted by Gasteiger charge is 1.67. The van der Waals surface area contributed by atoms with E-state index in [0.717, 1.165) is 12.8 Å². The number of rotatable bonds is 1. The van der Waals surface area contributed by atoms with Gasteiger partial charge in [-0.15, -0.1) is 5.92 Å². The van der Waals surface area contributed by atoms with Gasteiger partial charge in [0, 0.05) is 6.42 Å². The lowest BCUT2D eigenvalue weighted by molar-refractivity contribution is 0.572. The number of hydrogen-bond donors (Lipinski definition) is 0. The highest BCUT2D eigenvalue weighted by molar-refractivity contribution is 4.97. The smallest absolute Gasteiger partial charge is 0.150 e. The summed E-state index contributed by atoms with van der Waals surface area (Å²) in [5, 5.41) is 0. The SMILES string of the molecule is CCCC#CCF. The van der Waals surface area contributed by atoms with E-state index in [1.807, 2.05) is 6.92 Å². The van der Waals surface area contributed by atoms with Crippen LogP contribution in [0, 0.1) is 11.8 Å². The van der Waals surface area contributed by atoms with E-state index in [0.29, 0.717) is 0 Å². The number of hydrogen-bond acceptors (Lipinski definition) is 0. The molecule has 0 aromatic heterocycles. The van der Waals surface area contributed by atoms with E-state index in [1.54, 1.807) is 0 Å². The molecule has 0 radical (unpaired) electrons. The average Bonchev–Trinajstić information content (AvgIpc) is 1.69. The van der Waals surface area contributed by atoms with Crippen LogP contribution in [0.25, 0.3) is 0 Å². The Morgan fingerprint density at radius 3 is 2.57 bits per heavy atom. The number of halogens is 1. The first-order valence-corrected chi connectivity index (χ1v) is 2.43. The molecule has 0 atom stereocenters. The van der Waals surface area contributed by atoms with E-state index >= 15 is 0 Å². The van der Waals surface area contributed by atoms with Gasteiger partial charge in [-0.05, 0) is 6.42 Å². The molecule has 0 fully saturated rings. The van der Waals surface area contributed by atoms with Crippen LogP contribution in [0.3, 0.4) is 0 Å². The molecule has 0 unspecified atom stereocenters. The summed E-state index contributed by atoms with van der Waals surface area (Å²) in [6.07, 6.45) is 1.84. The van der Waals surface area contributed by atoms with Crippen LogP contribution in [0.15, 0.2) is 0 Å². The number of unbranched alkanes of at least 4 members (excludes halogenated alkanes) is 1. The molecular formula is C6H9F. The van der Waals surface area contributed by atoms with Crippen LogP contribution in [0.1, 0.15) is 19.8 Å². The number of alkyl halides is 1. The highest BCUT2D eigenvalue weighted by Crippen LogP contribution is 1.79. The summed E-state index contributed by atoms with van der Waals surface area (Å²) in [4.78, 5) is 0. The van der Waals surface area contributed by atoms with Crippen molar-refractivity contribution >= 4 is 0 Å². The molecule has 40 valence electrons. The monoisotopic (exact) mass is 100 g/mol. The van der Waals surface area contributed by atoms with Crippen LogP contribution >= 0.6 is 0 Å². The average molecular weight is 100 g/mol. The normalized spacial score (nSPS) is 7.14. The molecule has 0 aliphatic heterocycles. The van der Waals surface area contributed by atoms with Crippen molar-refractivity contribution in [3.8, 4) is 11.8 Å². The first-order chi connectivity index (χ1) is 3.41. The van der Waals surface area contributed by atoms with Crippen molar-refractivity contribution in [2.75, 3.05) is 6.67 Å². The zero-order chi connectivity index (χ0) is 5.54. The highest BCUT2D eigenvalue weighted by atomic mass is 19.1. The molecule has 7 heavy (non-hydrogen) atoms. The molecule has 0 aromatic rings. The Morgan fingerprint density at radius 1 is 1.43 bits per heavy atom. The Kier molecular flexibility index (Phi) is 5.09. The fourth-order valence-corrected chi connectivity index (χ4v) is 0.261. The minimum absolute atomic E-state index is 0.500. The third-order valence-corrected chi connectivity index (χ3v) is 0.567. The van der Waals surface area contributed by atoms with Gasteiger partial charge in [-0.3, -0.25) is 0 Å². The molecule has 0 heterocycles. The Balaban J connectivity index is 2.91. The van der Waals surface area contributed by atoms with Crippen LogP contribution in [-0.4, -0.2) is 6.67 Å². The fraction of sp³-hybridized carbons (Fsp3) is 0.667. The summed E-state index contributed by atoms with van der Waals surface area (Å²) in [5.41, 5.74) is 0. The van der Waals surface area contributed by atoms with Crippen molar-refractivity contribution < 1.29 is 4.39 Å². The minimum Gasteiger partial charge on any atom is -0.237 e. The van der Waals surface area contributed by atoms with Crippen LogP contribution in [-0.2, 0) is 0 Å². The lowest BCUT2D eigenvalue weighted by Gasteiger charge is -1.73. The summed E-state index contributed by atoms with van der Waals surface area (Å²) in [6.45, 7) is 1.52. The molecule has 0 amide bonds. The summed E-state index contributed by atoms with van der Waals surface area (Å²) in [7, 11) is 0. The molecule has 0 aromatic carbocycles. The van der Waals surface area contributed by atoms with E-state index < -0.39 is 6.67 Å². The molecular weight excluding hydrogens is 91.1 g/mol. The van der Waals surface area contributed by atoms with E-state index in [2.05, 4.69) is 11.8 Å². The summed E-state index contributed by atoms with van der Waals surface area (Å²) in [6, 6.07) is 0. The Labute approximate surface area is 43.7 Å². The van der Waals surface area contributed by atoms with Gasteiger partial charge in [0.1, 0.15) is 6.67 Å². The van der Waals surface area contributed by atoms with Gasteiger partial charge in [0.25, 0.3) is 0 Å². The molecule has 0 N–H and O–H groups in total. The van der Waals surface area contributed by atoms with E-state index in [9.17, 15) is 4.39 Å². The molecule has 1 heteroatoms. The third-order valence-electron chi connectivity index (χ3n) is 0.567. The maximum atomic E-state index is 11.1. The lowest BCUT2D eigenvalue weighted by Crippen LogP contribution is -1.63. The maximum absolute atomic E-state index is 11.1. The molecule has 0 aliphatic carbocycles. The quantitative estimate of drug-likeness (QED) is 0.440. The molecule has 0 nitrogen and oxygen atoms in total. The third kappa shape index (κ3) is 5.49. The van der Waals surface area contributed by atoms with E-state index in [4.69, 9.17) is 0 Å². The van der Waals surface area contributed by atoms with Gasteiger partial charge < -0.3 is 0 Å². The molecule has 0 aliphatic rings. The van der Waals surface area contributed by atoms with Gasteiger partial charge in [-0.25, -0.2) is 4.39 Å². The van der Waals surface area contributed by atoms with E-state index in [-0.39, 0.29) is 0 Å². The van der Waals surface area contributed by atoms with E-state index in [1.165, 1.54) is 0 Å². The largest absolute Gasteiger partial charge is 0.237 e. The Bertz CT molecular complexity index is 75.9. The van der Waals surface area contributed by atoms with Crippen molar-refractivity contribution in [1.29, 1.82) is 0 Å². The van der Waals surface area contributed by atoms with Crippen LogP contribution in [0.2, 0.25) is 0 Å². The Morgan fingerprint density at radius 2 is 2.14 bits per heavy atom. The predicted molar refractivity (Wildman–Crippen MR) is 28.7 cm³/mol. The lowest BCUT2D eigenvalue weighted by atomic mass is 10.3. The maximum Gasteiger partial charge on any atom is 0.150 e. The first kappa shape index (κ1) is 6.49. The Hall–Kier alpha value is -0.510. The zero-order valence-corrected chi connectivity index (χ0v) is 4.50. The first-order valence-electron chi connectivity index (χ1n) is 2.43. The van der Waals surface area contributed by atoms with Crippen molar-refractivity contribution in [3.05, 3.63) is 0 Å². The fourth-order valence-electron chi connectivity index (χ4n) is 0.261. The van der Waals surface area contributed by atoms with Crippen molar-refractivity contribution in [3.63, 3.8) is 0 Å². The van der Waals surface area contributed by atoms with Gasteiger partial charge >= 0.3 is 0 Å². The topological polar surface area (TPSA) is 0 Å². The second-order valence-corrected chi connectivity index (χ2v) is 1.24. The van der Waals surface area contributed by atoms with Gasteiger partial charge in [0.05, 0.1) is 0 Å². The van der Waals surface area contributed by atoms with Gasteiger partial charge in [-0.2, -0.15) is 0 Å². The van der Waals surface area contributed by atoms with Gasteiger partial charge in [0.15, 0.2) is 0 Å². The summed E-state index contributed by atoms with van der Waals surface area (Å²) in [5.74, 6) is 4.99. The van der Waals surface area contributed by atoms with Crippen LogP contribution in [0.4, 0.5) is 4.39 Å². The van der Waals surface area contributed by atoms with Crippen LogP contribution < -0.4 is 0 Å². The van der Waals surface area contributed by atoms with Gasteiger partial charge in [-0.1, -0.05) is 12.8 Å². The molecule has 0 saturated carbocycles. The zero-order valence-electron chi connectivity index (χ0n) is 4.50. The molecule has 0 saturated heterocycles. The summed E-state index contributed by atoms with van der Waals surface area (Å²) >= 11 is 0. The second kappa shape index (κ2) is 5.49. The predicted octanol–water partition coefficient (Wildman–Crippen LogP) is 1.76. The second-order valence-electron chi connectivity index (χ2n) is 1.24. The van der Waals surface area contributed by atoms with Crippen molar-refractivity contribution in [1.82, 2.24) is 0 Å². The van der Waals surface area contributed by atoms with Crippen molar-refractivity contribution in [2.24, 2.45) is 0 Å². The van der Waals surface area contributed by atoms with Crippen LogP contribution in [0.5, 0.6) is 0 Å². The molecule has 0 bridgehead atoms. The van der Waals surface area contributed by atoms with Gasteiger partial charge in [0.2, 0.25) is 0 Å². The standard InChI is InChI=1S/C6H9F/c1-2-3-4-5-6-7/h2-3,6H2,1H3. The molecule has 0 rings (SSSR count).